The summed E-state index contributed by atoms with van der Waals surface area (Å²) >= 11 is 1.72. The topological polar surface area (TPSA) is 48.9 Å². The van der Waals surface area contributed by atoms with E-state index in [1.807, 2.05) is 11.1 Å². The van der Waals surface area contributed by atoms with Crippen molar-refractivity contribution < 1.29 is 9.53 Å². The second-order valence-corrected chi connectivity index (χ2v) is 6.72. The Balaban J connectivity index is 1.47. The molecule has 2 fully saturated rings. The molecule has 1 amide bonds. The highest BCUT2D eigenvalue weighted by molar-refractivity contribution is 7.15. The van der Waals surface area contributed by atoms with Crippen molar-refractivity contribution in [3.63, 3.8) is 0 Å². The fourth-order valence-corrected chi connectivity index (χ4v) is 3.50. The zero-order chi connectivity index (χ0) is 14.7. The SMILES string of the molecule is Cc1cnc(N2CCN(C(=O)CN3CCOCC3)CC2)s1. The summed E-state index contributed by atoms with van der Waals surface area (Å²) in [5, 5.41) is 1.08. The normalized spacial score (nSPS) is 20.8. The van der Waals surface area contributed by atoms with Gasteiger partial charge >= 0.3 is 0 Å². The van der Waals surface area contributed by atoms with Crippen molar-refractivity contribution in [2.45, 2.75) is 6.92 Å². The largest absolute Gasteiger partial charge is 0.379 e. The van der Waals surface area contributed by atoms with Crippen LogP contribution in [0.4, 0.5) is 5.13 Å². The molecular formula is C14H22N4O2S. The summed E-state index contributed by atoms with van der Waals surface area (Å²) in [5.74, 6) is 0.242. The van der Waals surface area contributed by atoms with Gasteiger partial charge in [0, 0.05) is 50.3 Å². The van der Waals surface area contributed by atoms with Gasteiger partial charge in [-0.25, -0.2) is 4.98 Å². The maximum atomic E-state index is 12.3. The van der Waals surface area contributed by atoms with Crippen molar-refractivity contribution in [1.82, 2.24) is 14.8 Å². The van der Waals surface area contributed by atoms with Gasteiger partial charge in [-0.3, -0.25) is 9.69 Å². The third-order valence-corrected chi connectivity index (χ3v) is 4.95. The quantitative estimate of drug-likeness (QED) is 0.810. The first-order valence-electron chi connectivity index (χ1n) is 7.47. The molecule has 0 spiro atoms. The molecule has 0 saturated carbocycles. The van der Waals surface area contributed by atoms with Gasteiger partial charge < -0.3 is 14.5 Å². The Morgan fingerprint density at radius 1 is 1.24 bits per heavy atom. The van der Waals surface area contributed by atoms with Gasteiger partial charge in [-0.1, -0.05) is 0 Å². The lowest BCUT2D eigenvalue weighted by molar-refractivity contribution is -0.133. The predicted molar refractivity (Wildman–Crippen MR) is 82.9 cm³/mol. The van der Waals surface area contributed by atoms with Gasteiger partial charge in [0.05, 0.1) is 19.8 Å². The smallest absolute Gasteiger partial charge is 0.236 e. The molecule has 2 aliphatic heterocycles. The zero-order valence-electron chi connectivity index (χ0n) is 12.5. The molecule has 0 aromatic carbocycles. The lowest BCUT2D eigenvalue weighted by atomic mass is 10.3. The average Bonchev–Trinajstić information content (AvgIpc) is 2.95. The van der Waals surface area contributed by atoms with Gasteiger partial charge in [0.15, 0.2) is 5.13 Å². The first kappa shape index (κ1) is 14.7. The van der Waals surface area contributed by atoms with Crippen LogP contribution in [0.15, 0.2) is 6.20 Å². The molecule has 116 valence electrons. The molecule has 2 saturated heterocycles. The van der Waals surface area contributed by atoms with Crippen molar-refractivity contribution in [2.75, 3.05) is 63.9 Å². The molecule has 0 radical (unpaired) electrons. The van der Waals surface area contributed by atoms with E-state index in [-0.39, 0.29) is 5.91 Å². The number of aromatic nitrogens is 1. The Morgan fingerprint density at radius 3 is 2.57 bits per heavy atom. The van der Waals surface area contributed by atoms with Crippen LogP contribution in [0, 0.1) is 6.92 Å². The van der Waals surface area contributed by atoms with Crippen molar-refractivity contribution in [2.24, 2.45) is 0 Å². The Morgan fingerprint density at radius 2 is 1.95 bits per heavy atom. The Bertz CT molecular complexity index is 479. The van der Waals surface area contributed by atoms with Crippen molar-refractivity contribution in [3.05, 3.63) is 11.1 Å². The maximum absolute atomic E-state index is 12.3. The minimum Gasteiger partial charge on any atom is -0.379 e. The highest BCUT2D eigenvalue weighted by Crippen LogP contribution is 2.22. The van der Waals surface area contributed by atoms with Crippen LogP contribution in [0.3, 0.4) is 0 Å². The van der Waals surface area contributed by atoms with Crippen LogP contribution >= 0.6 is 11.3 Å². The Hall–Kier alpha value is -1.18. The van der Waals surface area contributed by atoms with Crippen molar-refractivity contribution >= 4 is 22.4 Å². The fourth-order valence-electron chi connectivity index (χ4n) is 2.69. The van der Waals surface area contributed by atoms with Gasteiger partial charge in [-0.05, 0) is 6.92 Å². The Labute approximate surface area is 129 Å². The summed E-state index contributed by atoms with van der Waals surface area (Å²) in [5.41, 5.74) is 0. The summed E-state index contributed by atoms with van der Waals surface area (Å²) in [6.45, 7) is 9.15. The second kappa shape index (κ2) is 6.72. The number of carbonyl (C=O) groups excluding carboxylic acids is 1. The standard InChI is InChI=1S/C14H22N4O2S/c1-12-10-15-14(21-12)18-4-2-17(3-5-18)13(19)11-16-6-8-20-9-7-16/h10H,2-9,11H2,1H3. The summed E-state index contributed by atoms with van der Waals surface area (Å²) in [4.78, 5) is 24.4. The molecule has 0 bridgehead atoms. The van der Waals surface area contributed by atoms with Gasteiger partial charge in [0.1, 0.15) is 0 Å². The first-order valence-corrected chi connectivity index (χ1v) is 8.29. The number of nitrogens with zero attached hydrogens (tertiary/aromatic N) is 4. The molecule has 1 aromatic heterocycles. The third kappa shape index (κ3) is 3.72. The van der Waals surface area contributed by atoms with Crippen LogP contribution in [0.1, 0.15) is 4.88 Å². The number of ether oxygens (including phenoxy) is 1. The monoisotopic (exact) mass is 310 g/mol. The van der Waals surface area contributed by atoms with E-state index in [4.69, 9.17) is 4.74 Å². The highest BCUT2D eigenvalue weighted by atomic mass is 32.1. The van der Waals surface area contributed by atoms with Crippen LogP contribution in [-0.4, -0.2) is 79.7 Å². The van der Waals surface area contributed by atoms with Gasteiger partial charge in [-0.2, -0.15) is 0 Å². The number of piperazine rings is 1. The van der Waals surface area contributed by atoms with Crippen LogP contribution in [0.25, 0.3) is 0 Å². The molecule has 0 aliphatic carbocycles. The number of morpholine rings is 1. The van der Waals surface area contributed by atoms with E-state index >= 15 is 0 Å². The molecular weight excluding hydrogens is 288 g/mol. The predicted octanol–water partition coefficient (Wildman–Crippen LogP) is 0.432. The summed E-state index contributed by atoms with van der Waals surface area (Å²) in [7, 11) is 0. The summed E-state index contributed by atoms with van der Waals surface area (Å²) < 4.78 is 5.31. The van der Waals surface area contributed by atoms with Crippen molar-refractivity contribution in [1.29, 1.82) is 0 Å². The van der Waals surface area contributed by atoms with E-state index < -0.39 is 0 Å². The van der Waals surface area contributed by atoms with E-state index in [1.165, 1.54) is 4.88 Å². The highest BCUT2D eigenvalue weighted by Gasteiger charge is 2.24. The number of hydrogen-bond donors (Lipinski definition) is 0. The zero-order valence-corrected chi connectivity index (χ0v) is 13.3. The minimum absolute atomic E-state index is 0.242. The number of anilines is 1. The van der Waals surface area contributed by atoms with Gasteiger partial charge in [0.2, 0.25) is 5.91 Å². The summed E-state index contributed by atoms with van der Waals surface area (Å²) in [6, 6.07) is 0. The van der Waals surface area contributed by atoms with E-state index in [2.05, 4.69) is 21.7 Å². The van der Waals surface area contributed by atoms with E-state index in [9.17, 15) is 4.79 Å². The molecule has 0 unspecified atom stereocenters. The molecule has 6 nitrogen and oxygen atoms in total. The molecule has 0 atom stereocenters. The number of hydrogen-bond acceptors (Lipinski definition) is 6. The Kier molecular flexibility index (Phi) is 4.72. The number of aryl methyl sites for hydroxylation is 1. The second-order valence-electron chi connectivity index (χ2n) is 5.51. The van der Waals surface area contributed by atoms with Crippen LogP contribution in [0.5, 0.6) is 0 Å². The van der Waals surface area contributed by atoms with E-state index in [0.29, 0.717) is 6.54 Å². The molecule has 21 heavy (non-hydrogen) atoms. The molecule has 3 heterocycles. The van der Waals surface area contributed by atoms with Crippen LogP contribution < -0.4 is 4.90 Å². The third-order valence-electron chi connectivity index (χ3n) is 3.97. The van der Waals surface area contributed by atoms with E-state index in [1.54, 1.807) is 11.3 Å². The first-order chi connectivity index (χ1) is 10.2. The number of rotatable bonds is 3. The van der Waals surface area contributed by atoms with E-state index in [0.717, 1.165) is 57.6 Å². The van der Waals surface area contributed by atoms with Gasteiger partial charge in [0.25, 0.3) is 0 Å². The molecule has 1 aromatic rings. The molecule has 7 heteroatoms. The number of carbonyl (C=O) groups is 1. The van der Waals surface area contributed by atoms with Crippen LogP contribution in [-0.2, 0) is 9.53 Å². The lowest BCUT2D eigenvalue weighted by Gasteiger charge is -2.36. The maximum Gasteiger partial charge on any atom is 0.236 e. The number of amides is 1. The number of thiazole rings is 1. The minimum atomic E-state index is 0.242. The molecule has 0 N–H and O–H groups in total. The summed E-state index contributed by atoms with van der Waals surface area (Å²) in [6.07, 6.45) is 1.91. The molecule has 2 aliphatic rings. The average molecular weight is 310 g/mol. The van der Waals surface area contributed by atoms with Crippen molar-refractivity contribution in [3.8, 4) is 0 Å². The van der Waals surface area contributed by atoms with Crippen LogP contribution in [0.2, 0.25) is 0 Å². The molecule has 3 rings (SSSR count). The fraction of sp³-hybridized carbons (Fsp3) is 0.714. The lowest BCUT2D eigenvalue weighted by Crippen LogP contribution is -2.52. The van der Waals surface area contributed by atoms with Gasteiger partial charge in [-0.15, -0.1) is 11.3 Å².